The normalized spacial score (nSPS) is 10.4. The second-order valence-corrected chi connectivity index (χ2v) is 5.77. The summed E-state index contributed by atoms with van der Waals surface area (Å²) in [5.74, 6) is -3.02. The number of aryl methyl sites for hydroxylation is 1. The first-order valence-corrected chi connectivity index (χ1v) is 7.64. The van der Waals surface area contributed by atoms with Gasteiger partial charge in [-0.05, 0) is 20.8 Å². The van der Waals surface area contributed by atoms with Crippen molar-refractivity contribution in [3.8, 4) is 0 Å². The van der Waals surface area contributed by atoms with Gasteiger partial charge in [-0.1, -0.05) is 0 Å². The number of hydrogen-bond acceptors (Lipinski definition) is 8. The number of primary amides is 1. The van der Waals surface area contributed by atoms with Crippen molar-refractivity contribution in [3.63, 3.8) is 0 Å². The standard InChI is InChI=1S/C16H14N4O8/c1-6-10(19(24)25)4-9(5-11(6)20(26)27)15(23)18-16-13(14(17)22)12(7(2)21)8(3)28-16/h4-5H,1-3H3,(H2,17,22)(H,18,23). The maximum absolute atomic E-state index is 12.5. The van der Waals surface area contributed by atoms with E-state index in [-0.39, 0.29) is 22.5 Å². The number of nitrogens with one attached hydrogen (secondary N) is 1. The van der Waals surface area contributed by atoms with E-state index in [0.717, 1.165) is 12.1 Å². The van der Waals surface area contributed by atoms with Crippen molar-refractivity contribution in [1.82, 2.24) is 0 Å². The second kappa shape index (κ2) is 7.26. The predicted molar refractivity (Wildman–Crippen MR) is 94.4 cm³/mol. The SMILES string of the molecule is CC(=O)c1c(C)oc(NC(=O)c2cc([N+](=O)[O-])c(C)c([N+](=O)[O-])c2)c1C(N)=O. The van der Waals surface area contributed by atoms with Crippen LogP contribution < -0.4 is 11.1 Å². The number of furan rings is 1. The van der Waals surface area contributed by atoms with Crippen molar-refractivity contribution < 1.29 is 28.6 Å². The number of nitrogens with two attached hydrogens (primary N) is 1. The summed E-state index contributed by atoms with van der Waals surface area (Å²) in [5, 5.41) is 24.4. The van der Waals surface area contributed by atoms with Gasteiger partial charge >= 0.3 is 0 Å². The largest absolute Gasteiger partial charge is 0.444 e. The van der Waals surface area contributed by atoms with Crippen LogP contribution in [0.5, 0.6) is 0 Å². The minimum absolute atomic E-state index is 0.0254. The zero-order valence-electron chi connectivity index (χ0n) is 14.9. The van der Waals surface area contributed by atoms with Crippen molar-refractivity contribution in [2.75, 3.05) is 5.32 Å². The molecule has 0 bridgehead atoms. The molecule has 0 aliphatic carbocycles. The van der Waals surface area contributed by atoms with E-state index in [0.29, 0.717) is 0 Å². The molecule has 3 N–H and O–H groups in total. The number of amides is 2. The van der Waals surface area contributed by atoms with Gasteiger partial charge in [-0.3, -0.25) is 39.9 Å². The fraction of sp³-hybridized carbons (Fsp3) is 0.188. The third-order valence-corrected chi connectivity index (χ3v) is 3.92. The summed E-state index contributed by atoms with van der Waals surface area (Å²) in [6.07, 6.45) is 0. The van der Waals surface area contributed by atoms with Gasteiger partial charge in [-0.2, -0.15) is 0 Å². The highest BCUT2D eigenvalue weighted by molar-refractivity contribution is 6.13. The molecule has 2 amide bonds. The molecule has 12 heteroatoms. The summed E-state index contributed by atoms with van der Waals surface area (Å²) in [6, 6.07) is 1.70. The Hall–Kier alpha value is -4.09. The molecule has 1 aromatic carbocycles. The average Bonchev–Trinajstić information content (AvgIpc) is 2.90. The van der Waals surface area contributed by atoms with Crippen molar-refractivity contribution in [1.29, 1.82) is 0 Å². The summed E-state index contributed by atoms with van der Waals surface area (Å²) >= 11 is 0. The van der Waals surface area contributed by atoms with Crippen molar-refractivity contribution in [3.05, 3.63) is 60.4 Å². The Morgan fingerprint density at radius 3 is 1.93 bits per heavy atom. The van der Waals surface area contributed by atoms with E-state index in [1.54, 1.807) is 0 Å². The van der Waals surface area contributed by atoms with Crippen molar-refractivity contribution >= 4 is 34.9 Å². The Morgan fingerprint density at radius 2 is 1.54 bits per heavy atom. The van der Waals surface area contributed by atoms with Crippen LogP contribution in [0.1, 0.15) is 49.3 Å². The van der Waals surface area contributed by atoms with E-state index in [4.69, 9.17) is 10.2 Å². The Balaban J connectivity index is 2.56. The highest BCUT2D eigenvalue weighted by atomic mass is 16.6. The smallest absolute Gasteiger partial charge is 0.279 e. The summed E-state index contributed by atoms with van der Waals surface area (Å²) < 4.78 is 5.22. The van der Waals surface area contributed by atoms with Crippen LogP contribution >= 0.6 is 0 Å². The molecule has 0 fully saturated rings. The van der Waals surface area contributed by atoms with Crippen LogP contribution in [0.2, 0.25) is 0 Å². The fourth-order valence-corrected chi connectivity index (χ4v) is 2.66. The summed E-state index contributed by atoms with van der Waals surface area (Å²) in [5.41, 5.74) is 2.86. The Morgan fingerprint density at radius 1 is 1.04 bits per heavy atom. The quantitative estimate of drug-likeness (QED) is 0.426. The molecule has 0 atom stereocenters. The molecule has 0 unspecified atom stereocenters. The summed E-state index contributed by atoms with van der Waals surface area (Å²) in [7, 11) is 0. The zero-order valence-corrected chi connectivity index (χ0v) is 14.9. The van der Waals surface area contributed by atoms with Crippen LogP contribution in [0.15, 0.2) is 16.5 Å². The lowest BCUT2D eigenvalue weighted by Gasteiger charge is -2.06. The molecule has 146 valence electrons. The van der Waals surface area contributed by atoms with Gasteiger partial charge < -0.3 is 10.2 Å². The Kier molecular flexibility index (Phi) is 5.25. The van der Waals surface area contributed by atoms with Crippen molar-refractivity contribution in [2.24, 2.45) is 5.73 Å². The number of carbonyl (C=O) groups is 3. The Bertz CT molecular complexity index is 1020. The molecule has 0 saturated heterocycles. The molecule has 2 aromatic rings. The molecular formula is C16H14N4O8. The molecule has 0 aliphatic rings. The number of benzene rings is 1. The first kappa shape index (κ1) is 20.2. The van der Waals surface area contributed by atoms with E-state index in [2.05, 4.69) is 5.32 Å². The molecule has 0 saturated carbocycles. The first-order chi connectivity index (χ1) is 13.0. The maximum Gasteiger partial charge on any atom is 0.279 e. The highest BCUT2D eigenvalue weighted by Crippen LogP contribution is 2.31. The van der Waals surface area contributed by atoms with E-state index in [9.17, 15) is 34.6 Å². The molecule has 2 rings (SSSR count). The van der Waals surface area contributed by atoms with Crippen LogP contribution in [0.3, 0.4) is 0 Å². The molecule has 28 heavy (non-hydrogen) atoms. The van der Waals surface area contributed by atoms with Gasteiger partial charge in [-0.25, -0.2) is 0 Å². The van der Waals surface area contributed by atoms with Gasteiger partial charge in [0.05, 0.1) is 21.0 Å². The minimum Gasteiger partial charge on any atom is -0.444 e. The lowest BCUT2D eigenvalue weighted by Crippen LogP contribution is -2.19. The number of anilines is 1. The molecule has 1 heterocycles. The number of rotatable bonds is 6. The number of Topliss-reactive ketones (excluding diaryl/α,β-unsaturated/α-hetero) is 1. The number of nitro groups is 2. The number of ketones is 1. The first-order valence-electron chi connectivity index (χ1n) is 7.64. The van der Waals surface area contributed by atoms with Crippen LogP contribution in [-0.2, 0) is 0 Å². The van der Waals surface area contributed by atoms with Gasteiger partial charge in [0.2, 0.25) is 5.88 Å². The highest BCUT2D eigenvalue weighted by Gasteiger charge is 2.29. The number of nitro benzene ring substituents is 2. The number of carbonyl (C=O) groups excluding carboxylic acids is 3. The van der Waals surface area contributed by atoms with Gasteiger partial charge in [0.1, 0.15) is 16.9 Å². The molecule has 12 nitrogen and oxygen atoms in total. The third kappa shape index (κ3) is 3.56. The minimum atomic E-state index is -1.04. The van der Waals surface area contributed by atoms with Gasteiger partial charge in [0, 0.05) is 12.1 Å². The van der Waals surface area contributed by atoms with Gasteiger partial charge in [0.15, 0.2) is 5.78 Å². The van der Waals surface area contributed by atoms with Crippen LogP contribution in [0.25, 0.3) is 0 Å². The second-order valence-electron chi connectivity index (χ2n) is 5.77. The maximum atomic E-state index is 12.5. The fourth-order valence-electron chi connectivity index (χ4n) is 2.66. The molecule has 0 radical (unpaired) electrons. The summed E-state index contributed by atoms with van der Waals surface area (Å²) in [6.45, 7) is 3.72. The van der Waals surface area contributed by atoms with E-state index >= 15 is 0 Å². The third-order valence-electron chi connectivity index (χ3n) is 3.92. The van der Waals surface area contributed by atoms with Crippen molar-refractivity contribution in [2.45, 2.75) is 20.8 Å². The monoisotopic (exact) mass is 390 g/mol. The molecular weight excluding hydrogens is 376 g/mol. The average molecular weight is 390 g/mol. The molecule has 0 spiro atoms. The lowest BCUT2D eigenvalue weighted by atomic mass is 10.1. The van der Waals surface area contributed by atoms with Gasteiger partial charge in [-0.15, -0.1) is 0 Å². The van der Waals surface area contributed by atoms with E-state index in [1.807, 2.05) is 0 Å². The lowest BCUT2D eigenvalue weighted by molar-refractivity contribution is -0.395. The van der Waals surface area contributed by atoms with Crippen LogP contribution in [-0.4, -0.2) is 27.4 Å². The van der Waals surface area contributed by atoms with Crippen LogP contribution in [0.4, 0.5) is 17.3 Å². The molecule has 1 aromatic heterocycles. The number of hydrogen-bond donors (Lipinski definition) is 2. The topological polar surface area (TPSA) is 189 Å². The van der Waals surface area contributed by atoms with E-state index < -0.39 is 50.3 Å². The Labute approximate surface area is 156 Å². The molecule has 0 aliphatic heterocycles. The van der Waals surface area contributed by atoms with Crippen LogP contribution in [0, 0.1) is 34.1 Å². The van der Waals surface area contributed by atoms with E-state index in [1.165, 1.54) is 20.8 Å². The summed E-state index contributed by atoms with van der Waals surface area (Å²) in [4.78, 5) is 56.4. The van der Waals surface area contributed by atoms with Gasteiger partial charge in [0.25, 0.3) is 23.2 Å². The predicted octanol–water partition coefficient (Wildman–Crippen LogP) is 2.27. The number of nitrogens with zero attached hydrogens (tertiary/aromatic N) is 2. The zero-order chi connectivity index (χ0) is 21.3.